The summed E-state index contributed by atoms with van der Waals surface area (Å²) >= 11 is 5.23. The fourth-order valence-corrected chi connectivity index (χ4v) is 0.718. The van der Waals surface area contributed by atoms with Gasteiger partial charge in [-0.2, -0.15) is 13.2 Å². The SMILES string of the molecule is FC(Cl)=CC(F)(F)I. The first kappa shape index (κ1) is 8.55. The Morgan fingerprint density at radius 3 is 2.00 bits per heavy atom. The quantitative estimate of drug-likeness (QED) is 0.499. The minimum Gasteiger partial charge on any atom is -0.194 e. The van der Waals surface area contributed by atoms with E-state index in [4.69, 9.17) is 0 Å². The van der Waals surface area contributed by atoms with Gasteiger partial charge in [-0.15, -0.1) is 0 Å². The van der Waals surface area contributed by atoms with E-state index < -0.39 is 9.22 Å². The van der Waals surface area contributed by atoms with E-state index in [9.17, 15) is 13.2 Å². The monoisotopic (exact) mass is 256 g/mol. The van der Waals surface area contributed by atoms with E-state index in [1.165, 1.54) is 0 Å². The molecule has 5 heteroatoms. The standard InChI is InChI=1S/C3HClF3I/c4-2(5)1-3(6,7)8/h1H. The average molecular weight is 256 g/mol. The van der Waals surface area contributed by atoms with Gasteiger partial charge >= 0.3 is 3.93 Å². The van der Waals surface area contributed by atoms with Crippen LogP contribution >= 0.6 is 34.2 Å². The molecule has 8 heavy (non-hydrogen) atoms. The first-order chi connectivity index (χ1) is 3.42. The summed E-state index contributed by atoms with van der Waals surface area (Å²) in [6, 6.07) is 0. The van der Waals surface area contributed by atoms with Crippen molar-refractivity contribution in [3.05, 3.63) is 11.4 Å². The molecule has 48 valence electrons. The van der Waals surface area contributed by atoms with Crippen molar-refractivity contribution < 1.29 is 13.2 Å². The number of alkyl halides is 3. The third-order valence-corrected chi connectivity index (χ3v) is 0.693. The summed E-state index contributed by atoms with van der Waals surface area (Å²) in [6.45, 7) is 0. The van der Waals surface area contributed by atoms with E-state index in [1.54, 1.807) is 0 Å². The highest BCUT2D eigenvalue weighted by atomic mass is 127. The van der Waals surface area contributed by atoms with Gasteiger partial charge in [0.15, 0.2) is 5.29 Å². The number of hydrogen-bond donors (Lipinski definition) is 0. The maximum Gasteiger partial charge on any atom is 0.318 e. The number of allylic oxidation sites excluding steroid dienone is 1. The molecular weight excluding hydrogens is 255 g/mol. The highest BCUT2D eigenvalue weighted by Gasteiger charge is 2.20. The predicted octanol–water partition coefficient (Wildman–Crippen LogP) is 3.06. The van der Waals surface area contributed by atoms with Crippen LogP contribution in [0.4, 0.5) is 13.2 Å². The maximum atomic E-state index is 11.6. The molecule has 0 heterocycles. The molecule has 0 aliphatic carbocycles. The van der Waals surface area contributed by atoms with Crippen molar-refractivity contribution >= 4 is 34.2 Å². The van der Waals surface area contributed by atoms with Gasteiger partial charge in [0.1, 0.15) is 0 Å². The van der Waals surface area contributed by atoms with E-state index in [1.807, 2.05) is 0 Å². The molecule has 0 aromatic carbocycles. The highest BCUT2D eigenvalue weighted by Crippen LogP contribution is 2.26. The Balaban J connectivity index is 3.89. The van der Waals surface area contributed by atoms with Crippen molar-refractivity contribution in [3.63, 3.8) is 0 Å². The third kappa shape index (κ3) is 6.55. The number of halogens is 5. The van der Waals surface area contributed by atoms with Crippen LogP contribution in [0.15, 0.2) is 11.4 Å². The molecule has 0 aromatic rings. The molecule has 0 atom stereocenters. The normalized spacial score (nSPS) is 14.4. The molecule has 0 amide bonds. The van der Waals surface area contributed by atoms with Crippen LogP contribution in [-0.4, -0.2) is 3.93 Å². The first-order valence-corrected chi connectivity index (χ1v) is 2.98. The van der Waals surface area contributed by atoms with Gasteiger partial charge in [-0.1, -0.05) is 11.6 Å². The lowest BCUT2D eigenvalue weighted by Gasteiger charge is -1.96. The molecule has 0 saturated carbocycles. The minimum atomic E-state index is -3.18. The van der Waals surface area contributed by atoms with Gasteiger partial charge in [-0.3, -0.25) is 0 Å². The fraction of sp³-hybridized carbons (Fsp3) is 0.333. The first-order valence-electron chi connectivity index (χ1n) is 1.52. The van der Waals surface area contributed by atoms with E-state index >= 15 is 0 Å². The van der Waals surface area contributed by atoms with Gasteiger partial charge in [0.2, 0.25) is 0 Å². The van der Waals surface area contributed by atoms with Crippen molar-refractivity contribution in [2.24, 2.45) is 0 Å². The molecule has 0 spiro atoms. The molecule has 0 fully saturated rings. The van der Waals surface area contributed by atoms with Gasteiger partial charge in [-0.05, 0) is 0 Å². The molecule has 0 bridgehead atoms. The second kappa shape index (κ2) is 2.91. The lowest BCUT2D eigenvalue weighted by molar-refractivity contribution is 0.181. The molecular formula is C3HClF3I. The lowest BCUT2D eigenvalue weighted by Crippen LogP contribution is -1.97. The van der Waals surface area contributed by atoms with Crippen LogP contribution in [0.1, 0.15) is 0 Å². The Labute approximate surface area is 62.8 Å². The summed E-state index contributed by atoms with van der Waals surface area (Å²) in [5.41, 5.74) is 0. The lowest BCUT2D eigenvalue weighted by atomic mass is 10.7. The molecule has 0 nitrogen and oxygen atoms in total. The van der Waals surface area contributed by atoms with Crippen molar-refractivity contribution in [2.75, 3.05) is 0 Å². The predicted molar refractivity (Wildman–Crippen MR) is 34.0 cm³/mol. The van der Waals surface area contributed by atoms with Crippen molar-refractivity contribution in [3.8, 4) is 0 Å². The Hall–Kier alpha value is 0.550. The van der Waals surface area contributed by atoms with E-state index in [0.29, 0.717) is 0 Å². The number of hydrogen-bond acceptors (Lipinski definition) is 0. The van der Waals surface area contributed by atoms with Crippen molar-refractivity contribution in [1.82, 2.24) is 0 Å². The molecule has 0 unspecified atom stereocenters. The molecule has 0 aliphatic heterocycles. The van der Waals surface area contributed by atoms with Crippen molar-refractivity contribution in [2.45, 2.75) is 3.93 Å². The summed E-state index contributed by atoms with van der Waals surface area (Å²) in [6.07, 6.45) is 0.0229. The molecule has 0 aromatic heterocycles. The van der Waals surface area contributed by atoms with E-state index in [-0.39, 0.29) is 6.08 Å². The van der Waals surface area contributed by atoms with Gasteiger partial charge < -0.3 is 0 Å². The van der Waals surface area contributed by atoms with E-state index in [2.05, 4.69) is 11.6 Å². The Bertz CT molecular complexity index is 102. The van der Waals surface area contributed by atoms with Gasteiger partial charge in [0, 0.05) is 28.7 Å². The summed E-state index contributed by atoms with van der Waals surface area (Å²) in [7, 11) is 0. The van der Waals surface area contributed by atoms with Crippen LogP contribution < -0.4 is 0 Å². The second-order valence-corrected chi connectivity index (χ2v) is 2.77. The Morgan fingerprint density at radius 1 is 1.62 bits per heavy atom. The second-order valence-electron chi connectivity index (χ2n) is 0.976. The van der Waals surface area contributed by atoms with Crippen LogP contribution in [0.2, 0.25) is 0 Å². The zero-order chi connectivity index (χ0) is 6.78. The van der Waals surface area contributed by atoms with Gasteiger partial charge in [-0.25, -0.2) is 0 Å². The topological polar surface area (TPSA) is 0 Å². The summed E-state index contributed by atoms with van der Waals surface area (Å²) < 4.78 is 31.3. The molecule has 0 rings (SSSR count). The van der Waals surface area contributed by atoms with E-state index in [0.717, 1.165) is 22.6 Å². The summed E-state index contributed by atoms with van der Waals surface area (Å²) in [5, 5.41) is -1.38. The van der Waals surface area contributed by atoms with Crippen LogP contribution in [-0.2, 0) is 0 Å². The fourth-order valence-electron chi connectivity index (χ4n) is 0.124. The van der Waals surface area contributed by atoms with Crippen LogP contribution in [0.5, 0.6) is 0 Å². The van der Waals surface area contributed by atoms with Crippen molar-refractivity contribution in [1.29, 1.82) is 0 Å². The van der Waals surface area contributed by atoms with Gasteiger partial charge in [0.25, 0.3) is 0 Å². The highest BCUT2D eigenvalue weighted by molar-refractivity contribution is 14.1. The number of rotatable bonds is 1. The van der Waals surface area contributed by atoms with Crippen LogP contribution in [0.25, 0.3) is 0 Å². The van der Waals surface area contributed by atoms with Crippen LogP contribution in [0, 0.1) is 0 Å². The molecule has 0 saturated heterocycles. The molecule has 0 N–H and O–H groups in total. The maximum absolute atomic E-state index is 11.6. The van der Waals surface area contributed by atoms with Gasteiger partial charge in [0.05, 0.1) is 0 Å². The Morgan fingerprint density at radius 2 is 2.00 bits per heavy atom. The smallest absolute Gasteiger partial charge is 0.194 e. The third-order valence-electron chi connectivity index (χ3n) is 0.273. The van der Waals surface area contributed by atoms with Crippen LogP contribution in [0.3, 0.4) is 0 Å². The zero-order valence-corrected chi connectivity index (χ0v) is 6.38. The largest absolute Gasteiger partial charge is 0.318 e. The summed E-state index contributed by atoms with van der Waals surface area (Å²) in [5.74, 6) is 0. The molecule has 0 radical (unpaired) electrons. The Kier molecular flexibility index (Phi) is 3.11. The molecule has 0 aliphatic rings. The zero-order valence-electron chi connectivity index (χ0n) is 3.47. The average Bonchev–Trinajstić information content (AvgIpc) is 1.21. The minimum absolute atomic E-state index is 0.0229. The summed E-state index contributed by atoms with van der Waals surface area (Å²) in [4.78, 5) is 0.